The number of carbonyl (C=O) groups excluding carboxylic acids is 1. The summed E-state index contributed by atoms with van der Waals surface area (Å²) in [5.41, 5.74) is 1.34. The number of ether oxygens (including phenoxy) is 2. The van der Waals surface area contributed by atoms with Crippen molar-refractivity contribution in [1.29, 1.82) is 0 Å². The lowest BCUT2D eigenvalue weighted by molar-refractivity contribution is -0.225. The predicted molar refractivity (Wildman–Crippen MR) is 83.2 cm³/mol. The number of fused-ring (bicyclic) bond motifs is 1. The number of esters is 1. The van der Waals surface area contributed by atoms with Crippen LogP contribution in [0.1, 0.15) is 48.8 Å². The molecule has 1 spiro atoms. The lowest BCUT2D eigenvalue weighted by atomic mass is 9.52. The average molecular weight is 315 g/mol. The summed E-state index contributed by atoms with van der Waals surface area (Å²) in [5, 5.41) is 8.03. The summed E-state index contributed by atoms with van der Waals surface area (Å²) >= 11 is 0. The number of pyridine rings is 1. The van der Waals surface area contributed by atoms with E-state index in [-0.39, 0.29) is 23.6 Å². The minimum atomic E-state index is -0.272. The highest BCUT2D eigenvalue weighted by Gasteiger charge is 2.61. The standard InChI is InChI=1S/C17H21N3O3/c1-3-22-13-9-14(17(13)7-4-8-17)23-16(21)12-5-6-15-19-18-11(2)20(15)10-12/h5-6,10,13-14H,3-4,7-9H2,1-2H3/t13-,14+/m0/s1. The van der Waals surface area contributed by atoms with Crippen LogP contribution in [0.15, 0.2) is 18.3 Å². The summed E-state index contributed by atoms with van der Waals surface area (Å²) in [5.74, 6) is 0.483. The van der Waals surface area contributed by atoms with Crippen LogP contribution in [0.4, 0.5) is 0 Å². The Morgan fingerprint density at radius 1 is 1.35 bits per heavy atom. The Kier molecular flexibility index (Phi) is 3.37. The molecule has 0 N–H and O–H groups in total. The first-order valence-electron chi connectivity index (χ1n) is 8.28. The van der Waals surface area contributed by atoms with Crippen LogP contribution in [-0.2, 0) is 9.47 Å². The molecule has 0 radical (unpaired) electrons. The molecule has 2 heterocycles. The third-order valence-electron chi connectivity index (χ3n) is 5.42. The van der Waals surface area contributed by atoms with Crippen LogP contribution in [0.5, 0.6) is 0 Å². The number of aryl methyl sites for hydroxylation is 1. The minimum Gasteiger partial charge on any atom is -0.458 e. The van der Waals surface area contributed by atoms with Crippen molar-refractivity contribution in [2.45, 2.75) is 51.7 Å². The van der Waals surface area contributed by atoms with Gasteiger partial charge in [0.25, 0.3) is 0 Å². The molecule has 6 heteroatoms. The molecule has 2 aliphatic carbocycles. The van der Waals surface area contributed by atoms with E-state index in [0.717, 1.165) is 37.3 Å². The van der Waals surface area contributed by atoms with E-state index in [9.17, 15) is 4.79 Å². The number of rotatable bonds is 4. The van der Waals surface area contributed by atoms with Gasteiger partial charge in [0, 0.05) is 24.6 Å². The molecule has 2 fully saturated rings. The van der Waals surface area contributed by atoms with Gasteiger partial charge in [-0.15, -0.1) is 10.2 Å². The zero-order valence-electron chi connectivity index (χ0n) is 13.5. The summed E-state index contributed by atoms with van der Waals surface area (Å²) in [4.78, 5) is 12.5. The van der Waals surface area contributed by atoms with Gasteiger partial charge in [-0.25, -0.2) is 4.79 Å². The van der Waals surface area contributed by atoms with Crippen molar-refractivity contribution < 1.29 is 14.3 Å². The Bertz CT molecular complexity index is 751. The third kappa shape index (κ3) is 2.16. The lowest BCUT2D eigenvalue weighted by Gasteiger charge is -2.59. The molecular formula is C17H21N3O3. The molecule has 0 bridgehead atoms. The summed E-state index contributed by atoms with van der Waals surface area (Å²) < 4.78 is 13.4. The molecule has 2 aromatic rings. The number of hydrogen-bond donors (Lipinski definition) is 0. The van der Waals surface area contributed by atoms with Crippen LogP contribution in [0.25, 0.3) is 5.65 Å². The fourth-order valence-electron chi connectivity index (χ4n) is 3.86. The van der Waals surface area contributed by atoms with Gasteiger partial charge >= 0.3 is 5.97 Å². The van der Waals surface area contributed by atoms with Crippen molar-refractivity contribution >= 4 is 11.6 Å². The molecule has 0 saturated heterocycles. The highest BCUT2D eigenvalue weighted by atomic mass is 16.6. The maximum atomic E-state index is 12.5. The number of nitrogens with zero attached hydrogens (tertiary/aromatic N) is 3. The quantitative estimate of drug-likeness (QED) is 0.811. The van der Waals surface area contributed by atoms with Crippen molar-refractivity contribution in [2.75, 3.05) is 6.61 Å². The molecule has 0 amide bonds. The molecule has 4 rings (SSSR count). The van der Waals surface area contributed by atoms with Crippen LogP contribution in [-0.4, -0.2) is 39.4 Å². The van der Waals surface area contributed by atoms with Gasteiger partial charge in [-0.3, -0.25) is 4.40 Å². The lowest BCUT2D eigenvalue weighted by Crippen LogP contribution is -2.63. The van der Waals surface area contributed by atoms with Crippen molar-refractivity contribution in [1.82, 2.24) is 14.6 Å². The largest absolute Gasteiger partial charge is 0.458 e. The second kappa shape index (κ2) is 5.30. The van der Waals surface area contributed by atoms with Crippen molar-refractivity contribution in [3.63, 3.8) is 0 Å². The van der Waals surface area contributed by atoms with Crippen LogP contribution in [0, 0.1) is 12.3 Å². The maximum absolute atomic E-state index is 12.5. The first kappa shape index (κ1) is 14.6. The molecule has 0 aromatic carbocycles. The van der Waals surface area contributed by atoms with Gasteiger partial charge in [0.2, 0.25) is 0 Å². The highest BCUT2D eigenvalue weighted by Crippen LogP contribution is 2.58. The summed E-state index contributed by atoms with van der Waals surface area (Å²) in [7, 11) is 0. The Morgan fingerprint density at radius 3 is 2.87 bits per heavy atom. The van der Waals surface area contributed by atoms with Gasteiger partial charge in [-0.05, 0) is 38.8 Å². The number of aromatic nitrogens is 3. The van der Waals surface area contributed by atoms with Gasteiger partial charge in [0.05, 0.1) is 11.7 Å². The Hall–Kier alpha value is -1.95. The normalized spacial score (nSPS) is 25.1. The Labute approximate surface area is 134 Å². The van der Waals surface area contributed by atoms with E-state index in [4.69, 9.17) is 9.47 Å². The zero-order valence-corrected chi connectivity index (χ0v) is 13.5. The van der Waals surface area contributed by atoms with E-state index in [0.29, 0.717) is 5.56 Å². The van der Waals surface area contributed by atoms with Crippen LogP contribution >= 0.6 is 0 Å². The molecule has 2 atom stereocenters. The topological polar surface area (TPSA) is 65.7 Å². The first-order chi connectivity index (χ1) is 11.1. The monoisotopic (exact) mass is 315 g/mol. The molecule has 2 aliphatic rings. The van der Waals surface area contributed by atoms with E-state index in [1.807, 2.05) is 13.8 Å². The van der Waals surface area contributed by atoms with E-state index in [2.05, 4.69) is 10.2 Å². The summed E-state index contributed by atoms with van der Waals surface area (Å²) in [6, 6.07) is 3.54. The van der Waals surface area contributed by atoms with Crippen molar-refractivity contribution in [2.24, 2.45) is 5.41 Å². The van der Waals surface area contributed by atoms with E-state index in [1.165, 1.54) is 6.42 Å². The molecule has 23 heavy (non-hydrogen) atoms. The van der Waals surface area contributed by atoms with Crippen LogP contribution in [0.2, 0.25) is 0 Å². The molecule has 6 nitrogen and oxygen atoms in total. The third-order valence-corrected chi connectivity index (χ3v) is 5.42. The second-order valence-electron chi connectivity index (χ2n) is 6.55. The summed E-state index contributed by atoms with van der Waals surface area (Å²) in [6.07, 6.45) is 6.19. The van der Waals surface area contributed by atoms with Crippen LogP contribution in [0.3, 0.4) is 0 Å². The first-order valence-corrected chi connectivity index (χ1v) is 8.28. The smallest absolute Gasteiger partial charge is 0.339 e. The molecule has 2 saturated carbocycles. The number of hydrogen-bond acceptors (Lipinski definition) is 5. The SMILES string of the molecule is CCO[C@H]1C[C@@H](OC(=O)c2ccc3nnc(C)n3c2)C12CCC2. The Morgan fingerprint density at radius 2 is 2.17 bits per heavy atom. The predicted octanol–water partition coefficient (Wildman–Crippen LogP) is 2.54. The average Bonchev–Trinajstić information content (AvgIpc) is 2.85. The van der Waals surface area contributed by atoms with Crippen molar-refractivity contribution in [3.05, 3.63) is 29.7 Å². The zero-order chi connectivity index (χ0) is 16.0. The van der Waals surface area contributed by atoms with Gasteiger partial charge in [-0.2, -0.15) is 0 Å². The molecule has 2 aromatic heterocycles. The van der Waals surface area contributed by atoms with E-state index >= 15 is 0 Å². The van der Waals surface area contributed by atoms with E-state index < -0.39 is 0 Å². The fraction of sp³-hybridized carbons (Fsp3) is 0.588. The van der Waals surface area contributed by atoms with Gasteiger partial charge in [0.1, 0.15) is 11.9 Å². The van der Waals surface area contributed by atoms with Crippen LogP contribution < -0.4 is 0 Å². The summed E-state index contributed by atoms with van der Waals surface area (Å²) in [6.45, 7) is 4.59. The number of carbonyl (C=O) groups is 1. The second-order valence-corrected chi connectivity index (χ2v) is 6.55. The highest BCUT2D eigenvalue weighted by molar-refractivity contribution is 5.89. The minimum absolute atomic E-state index is 0.0157. The molecule has 122 valence electrons. The van der Waals surface area contributed by atoms with Gasteiger partial charge in [-0.1, -0.05) is 6.42 Å². The molecule has 0 unspecified atom stereocenters. The fourth-order valence-corrected chi connectivity index (χ4v) is 3.86. The Balaban J connectivity index is 1.50. The van der Waals surface area contributed by atoms with Gasteiger partial charge < -0.3 is 9.47 Å². The van der Waals surface area contributed by atoms with Crippen molar-refractivity contribution in [3.8, 4) is 0 Å². The van der Waals surface area contributed by atoms with Gasteiger partial charge in [0.15, 0.2) is 5.65 Å². The maximum Gasteiger partial charge on any atom is 0.339 e. The molecule has 0 aliphatic heterocycles. The molecular weight excluding hydrogens is 294 g/mol. The van der Waals surface area contributed by atoms with E-state index in [1.54, 1.807) is 22.7 Å².